The zero-order valence-corrected chi connectivity index (χ0v) is 18.7. The molecule has 1 aliphatic heterocycles. The quantitative estimate of drug-likeness (QED) is 0.480. The molecule has 0 radical (unpaired) electrons. The zero-order valence-electron chi connectivity index (χ0n) is 18.7. The van der Waals surface area contributed by atoms with E-state index in [-0.39, 0.29) is 11.8 Å². The van der Waals surface area contributed by atoms with E-state index >= 15 is 0 Å². The lowest BCUT2D eigenvalue weighted by Gasteiger charge is -2.31. The lowest BCUT2D eigenvalue weighted by molar-refractivity contribution is -0.152. The van der Waals surface area contributed by atoms with Gasteiger partial charge in [-0.25, -0.2) is 9.59 Å². The van der Waals surface area contributed by atoms with E-state index in [0.29, 0.717) is 25.8 Å². The van der Waals surface area contributed by atoms with Gasteiger partial charge in [0.05, 0.1) is 13.7 Å². The molecule has 0 spiro atoms. The molecule has 0 bridgehead atoms. The molecule has 10 nitrogen and oxygen atoms in total. The van der Waals surface area contributed by atoms with Crippen molar-refractivity contribution in [2.75, 3.05) is 20.3 Å². The number of esters is 1. The summed E-state index contributed by atoms with van der Waals surface area (Å²) in [6, 6.07) is -2.88. The Hall–Kier alpha value is -2.36. The average molecular weight is 430 g/mol. The van der Waals surface area contributed by atoms with Gasteiger partial charge >= 0.3 is 12.1 Å². The molecule has 4 atom stereocenters. The van der Waals surface area contributed by atoms with Gasteiger partial charge in [-0.15, -0.1) is 0 Å². The van der Waals surface area contributed by atoms with Crippen molar-refractivity contribution >= 4 is 23.9 Å². The van der Waals surface area contributed by atoms with Gasteiger partial charge in [0, 0.05) is 6.54 Å². The van der Waals surface area contributed by atoms with Gasteiger partial charge in [-0.3, -0.25) is 9.59 Å². The van der Waals surface area contributed by atoms with Crippen molar-refractivity contribution in [1.29, 1.82) is 0 Å². The molecule has 0 saturated carbocycles. The summed E-state index contributed by atoms with van der Waals surface area (Å²) in [4.78, 5) is 51.2. The van der Waals surface area contributed by atoms with Gasteiger partial charge in [0.15, 0.2) is 0 Å². The van der Waals surface area contributed by atoms with E-state index in [9.17, 15) is 24.3 Å². The van der Waals surface area contributed by atoms with Crippen LogP contribution in [0.2, 0.25) is 0 Å². The first-order valence-corrected chi connectivity index (χ1v) is 10.2. The molecule has 1 aliphatic rings. The summed E-state index contributed by atoms with van der Waals surface area (Å²) >= 11 is 0. The van der Waals surface area contributed by atoms with E-state index in [0.717, 1.165) is 0 Å². The number of rotatable bonds is 8. The van der Waals surface area contributed by atoms with Crippen LogP contribution in [0.15, 0.2) is 0 Å². The van der Waals surface area contributed by atoms with Crippen LogP contribution in [0.3, 0.4) is 0 Å². The molecule has 1 heterocycles. The van der Waals surface area contributed by atoms with Crippen molar-refractivity contribution in [3.8, 4) is 0 Å². The van der Waals surface area contributed by atoms with Crippen LogP contribution < -0.4 is 10.6 Å². The van der Waals surface area contributed by atoms with Crippen molar-refractivity contribution < 1.29 is 33.8 Å². The molecule has 0 aromatic rings. The Bertz CT molecular complexity index is 632. The predicted molar refractivity (Wildman–Crippen MR) is 108 cm³/mol. The Morgan fingerprint density at radius 3 is 2.33 bits per heavy atom. The number of likely N-dealkylation sites (tertiary alicyclic amines) is 1. The Labute approximate surface area is 177 Å². The van der Waals surface area contributed by atoms with Gasteiger partial charge in [-0.1, -0.05) is 20.3 Å². The molecule has 1 saturated heterocycles. The van der Waals surface area contributed by atoms with E-state index < -0.39 is 48.3 Å². The molecule has 1 rings (SSSR count). The lowest BCUT2D eigenvalue weighted by Crippen LogP contribution is -2.58. The molecule has 0 aromatic heterocycles. The Morgan fingerprint density at radius 2 is 1.83 bits per heavy atom. The number of nitrogens with one attached hydrogen (secondary N) is 2. The summed E-state index contributed by atoms with van der Waals surface area (Å²) in [7, 11) is 1.27. The number of ether oxygens (including phenoxy) is 2. The maximum Gasteiger partial charge on any atom is 0.408 e. The van der Waals surface area contributed by atoms with E-state index in [2.05, 4.69) is 10.6 Å². The SMILES string of the molecule is CC[C@H](C)[C@H](NC(=O)[C@H](CO)NC(=O)OC(C)(C)C)C(=O)N1CCC[C@H]1C(=O)OC. The van der Waals surface area contributed by atoms with E-state index in [1.807, 2.05) is 6.92 Å². The fraction of sp³-hybridized carbons (Fsp3) is 0.800. The van der Waals surface area contributed by atoms with Crippen LogP contribution in [0.4, 0.5) is 4.79 Å². The molecule has 0 unspecified atom stereocenters. The number of hydrogen-bond donors (Lipinski definition) is 3. The Kier molecular flexibility index (Phi) is 9.54. The van der Waals surface area contributed by atoms with Gasteiger partial charge in [0.1, 0.15) is 23.7 Å². The van der Waals surface area contributed by atoms with Crippen LogP contribution in [0, 0.1) is 5.92 Å². The molecular weight excluding hydrogens is 394 g/mol. The van der Waals surface area contributed by atoms with Gasteiger partial charge in [0.25, 0.3) is 0 Å². The summed E-state index contributed by atoms with van der Waals surface area (Å²) in [6.07, 6.45) is 0.899. The fourth-order valence-electron chi connectivity index (χ4n) is 3.17. The summed E-state index contributed by atoms with van der Waals surface area (Å²) in [5.41, 5.74) is -0.769. The second-order valence-corrected chi connectivity index (χ2v) is 8.47. The molecule has 0 aliphatic carbocycles. The van der Waals surface area contributed by atoms with Crippen LogP contribution in [0.5, 0.6) is 0 Å². The number of alkyl carbamates (subject to hydrolysis) is 1. The second kappa shape index (κ2) is 11.1. The normalized spacial score (nSPS) is 19.4. The average Bonchev–Trinajstić information content (AvgIpc) is 3.16. The van der Waals surface area contributed by atoms with E-state index in [1.54, 1.807) is 27.7 Å². The smallest absolute Gasteiger partial charge is 0.408 e. The number of aliphatic hydroxyl groups is 1. The number of nitrogens with zero attached hydrogens (tertiary/aromatic N) is 1. The molecule has 1 fully saturated rings. The number of methoxy groups -OCH3 is 1. The monoisotopic (exact) mass is 429 g/mol. The highest BCUT2D eigenvalue weighted by Gasteiger charge is 2.40. The third-order valence-electron chi connectivity index (χ3n) is 4.98. The maximum absolute atomic E-state index is 13.2. The number of hydrogen-bond acceptors (Lipinski definition) is 7. The minimum absolute atomic E-state index is 0.235. The molecule has 10 heteroatoms. The third-order valence-corrected chi connectivity index (χ3v) is 4.98. The van der Waals surface area contributed by atoms with Crippen LogP contribution >= 0.6 is 0 Å². The molecule has 3 amide bonds. The molecular formula is C20H35N3O7. The highest BCUT2D eigenvalue weighted by atomic mass is 16.6. The van der Waals surface area contributed by atoms with Crippen LogP contribution in [0.1, 0.15) is 53.9 Å². The van der Waals surface area contributed by atoms with Gasteiger partial charge < -0.3 is 30.1 Å². The highest BCUT2D eigenvalue weighted by molar-refractivity contribution is 5.93. The molecule has 172 valence electrons. The van der Waals surface area contributed by atoms with Gasteiger partial charge in [-0.05, 0) is 39.5 Å². The van der Waals surface area contributed by atoms with Crippen molar-refractivity contribution in [3.63, 3.8) is 0 Å². The van der Waals surface area contributed by atoms with Crippen molar-refractivity contribution in [2.24, 2.45) is 5.92 Å². The molecule has 30 heavy (non-hydrogen) atoms. The van der Waals surface area contributed by atoms with Crippen molar-refractivity contribution in [2.45, 2.75) is 77.6 Å². The zero-order chi connectivity index (χ0) is 23.1. The number of aliphatic hydroxyl groups excluding tert-OH is 1. The second-order valence-electron chi connectivity index (χ2n) is 8.47. The largest absolute Gasteiger partial charge is 0.467 e. The Balaban J connectivity index is 2.92. The first-order valence-electron chi connectivity index (χ1n) is 10.2. The fourth-order valence-corrected chi connectivity index (χ4v) is 3.17. The topological polar surface area (TPSA) is 134 Å². The van der Waals surface area contributed by atoms with Crippen molar-refractivity contribution in [3.05, 3.63) is 0 Å². The first kappa shape index (κ1) is 25.7. The summed E-state index contributed by atoms with van der Waals surface area (Å²) in [5, 5.41) is 14.5. The Morgan fingerprint density at radius 1 is 1.20 bits per heavy atom. The minimum Gasteiger partial charge on any atom is -0.467 e. The van der Waals surface area contributed by atoms with Gasteiger partial charge in [0.2, 0.25) is 11.8 Å². The van der Waals surface area contributed by atoms with E-state index in [4.69, 9.17) is 9.47 Å². The minimum atomic E-state index is -1.28. The van der Waals surface area contributed by atoms with Crippen molar-refractivity contribution in [1.82, 2.24) is 15.5 Å². The molecule has 0 aromatic carbocycles. The number of carbonyl (C=O) groups excluding carboxylic acids is 4. The predicted octanol–water partition coefficient (Wildman–Crippen LogP) is 0.567. The highest BCUT2D eigenvalue weighted by Crippen LogP contribution is 2.22. The molecule has 3 N–H and O–H groups in total. The first-order chi connectivity index (χ1) is 13.9. The van der Waals surface area contributed by atoms with Crippen LogP contribution in [0.25, 0.3) is 0 Å². The van der Waals surface area contributed by atoms with Crippen LogP contribution in [-0.4, -0.2) is 77.9 Å². The van der Waals surface area contributed by atoms with E-state index in [1.165, 1.54) is 12.0 Å². The summed E-state index contributed by atoms with van der Waals surface area (Å²) in [5.74, 6) is -1.83. The standard InChI is InChI=1S/C20H35N3O7/c1-7-12(2)15(17(26)23-10-8-9-14(23)18(27)29-6)22-16(25)13(11-24)21-19(28)30-20(3,4)5/h12-15,24H,7-11H2,1-6H3,(H,21,28)(H,22,25)/t12-,13-,14-,15-/m0/s1. The number of amides is 3. The maximum atomic E-state index is 13.2. The van der Waals surface area contributed by atoms with Gasteiger partial charge in [-0.2, -0.15) is 0 Å². The summed E-state index contributed by atoms with van der Waals surface area (Å²) in [6.45, 7) is 8.43. The lowest BCUT2D eigenvalue weighted by atomic mass is 9.97. The number of carbonyl (C=O) groups is 4. The third kappa shape index (κ3) is 7.16. The van der Waals surface area contributed by atoms with Crippen LogP contribution in [-0.2, 0) is 23.9 Å². The summed E-state index contributed by atoms with van der Waals surface area (Å²) < 4.78 is 9.89.